The van der Waals surface area contributed by atoms with Gasteiger partial charge in [0, 0.05) is 42.8 Å². The van der Waals surface area contributed by atoms with Crippen LogP contribution in [-0.2, 0) is 19.5 Å². The maximum Gasteiger partial charge on any atom is 0.0448 e. The zero-order chi connectivity index (χ0) is 14.7. The molecule has 0 unspecified atom stereocenters. The van der Waals surface area contributed by atoms with E-state index in [2.05, 4.69) is 59.4 Å². The Morgan fingerprint density at radius 1 is 1.24 bits per heavy atom. The molecule has 1 N–H and O–H groups in total. The van der Waals surface area contributed by atoms with Crippen LogP contribution in [0, 0.1) is 6.92 Å². The van der Waals surface area contributed by atoms with Crippen molar-refractivity contribution in [1.29, 1.82) is 0 Å². The SMILES string of the molecule is CCNCc1cnc(C)cc1N1CCc2ccccc2C1. The molecule has 0 spiro atoms. The first kappa shape index (κ1) is 14.1. The van der Waals surface area contributed by atoms with Crippen molar-refractivity contribution in [3.8, 4) is 0 Å². The molecule has 2 aromatic rings. The Bertz CT molecular complexity index is 622. The van der Waals surface area contributed by atoms with Gasteiger partial charge in [0.25, 0.3) is 0 Å². The van der Waals surface area contributed by atoms with E-state index < -0.39 is 0 Å². The standard InChI is InChI=1S/C18H23N3/c1-3-19-11-17-12-20-14(2)10-18(17)21-9-8-15-6-4-5-7-16(15)13-21/h4-7,10,12,19H,3,8-9,11,13H2,1-2H3. The second-order valence-corrected chi connectivity index (χ2v) is 5.67. The number of nitrogens with zero attached hydrogens (tertiary/aromatic N) is 2. The van der Waals surface area contributed by atoms with Gasteiger partial charge in [-0.1, -0.05) is 31.2 Å². The lowest BCUT2D eigenvalue weighted by atomic mass is 9.99. The minimum absolute atomic E-state index is 0.886. The number of hydrogen-bond acceptors (Lipinski definition) is 3. The number of fused-ring (bicyclic) bond motifs is 1. The van der Waals surface area contributed by atoms with Crippen molar-refractivity contribution in [1.82, 2.24) is 10.3 Å². The van der Waals surface area contributed by atoms with Crippen molar-refractivity contribution in [2.75, 3.05) is 18.0 Å². The van der Waals surface area contributed by atoms with Gasteiger partial charge in [-0.25, -0.2) is 0 Å². The smallest absolute Gasteiger partial charge is 0.0448 e. The Hall–Kier alpha value is -1.87. The van der Waals surface area contributed by atoms with Gasteiger partial charge >= 0.3 is 0 Å². The minimum atomic E-state index is 0.886. The molecule has 3 nitrogen and oxygen atoms in total. The third kappa shape index (κ3) is 3.08. The number of pyridine rings is 1. The maximum atomic E-state index is 4.47. The fourth-order valence-electron chi connectivity index (χ4n) is 2.97. The Labute approximate surface area is 127 Å². The molecule has 110 valence electrons. The fraction of sp³-hybridized carbons (Fsp3) is 0.389. The number of aryl methyl sites for hydroxylation is 1. The summed E-state index contributed by atoms with van der Waals surface area (Å²) < 4.78 is 0. The molecule has 0 radical (unpaired) electrons. The minimum Gasteiger partial charge on any atom is -0.367 e. The number of nitrogens with one attached hydrogen (secondary N) is 1. The number of anilines is 1. The van der Waals surface area contributed by atoms with Gasteiger partial charge in [0.15, 0.2) is 0 Å². The van der Waals surface area contributed by atoms with Crippen molar-refractivity contribution in [2.24, 2.45) is 0 Å². The highest BCUT2D eigenvalue weighted by molar-refractivity contribution is 5.55. The Balaban J connectivity index is 1.88. The predicted molar refractivity (Wildman–Crippen MR) is 87.6 cm³/mol. The lowest BCUT2D eigenvalue weighted by Gasteiger charge is -2.32. The van der Waals surface area contributed by atoms with E-state index >= 15 is 0 Å². The van der Waals surface area contributed by atoms with Gasteiger partial charge in [0.1, 0.15) is 0 Å². The van der Waals surface area contributed by atoms with Crippen LogP contribution in [0.5, 0.6) is 0 Å². The molecule has 21 heavy (non-hydrogen) atoms. The quantitative estimate of drug-likeness (QED) is 0.933. The van der Waals surface area contributed by atoms with Crippen LogP contribution in [0.3, 0.4) is 0 Å². The summed E-state index contributed by atoms with van der Waals surface area (Å²) in [5.74, 6) is 0. The van der Waals surface area contributed by atoms with E-state index in [9.17, 15) is 0 Å². The summed E-state index contributed by atoms with van der Waals surface area (Å²) >= 11 is 0. The molecular weight excluding hydrogens is 258 g/mol. The molecule has 2 heterocycles. The average Bonchev–Trinajstić information content (AvgIpc) is 2.53. The fourth-order valence-corrected chi connectivity index (χ4v) is 2.97. The van der Waals surface area contributed by atoms with Crippen LogP contribution in [0.15, 0.2) is 36.5 Å². The molecule has 3 rings (SSSR count). The molecule has 1 aliphatic rings. The van der Waals surface area contributed by atoms with E-state index in [1.807, 2.05) is 6.20 Å². The van der Waals surface area contributed by atoms with Crippen molar-refractivity contribution in [2.45, 2.75) is 33.4 Å². The van der Waals surface area contributed by atoms with Crippen LogP contribution in [0.4, 0.5) is 5.69 Å². The number of hydrogen-bond donors (Lipinski definition) is 1. The van der Waals surface area contributed by atoms with Gasteiger partial charge in [-0.15, -0.1) is 0 Å². The maximum absolute atomic E-state index is 4.47. The topological polar surface area (TPSA) is 28.2 Å². The molecule has 0 saturated carbocycles. The van der Waals surface area contributed by atoms with Gasteiger partial charge < -0.3 is 10.2 Å². The van der Waals surface area contributed by atoms with E-state index in [0.717, 1.165) is 38.3 Å². The molecule has 1 aromatic carbocycles. The van der Waals surface area contributed by atoms with Crippen molar-refractivity contribution >= 4 is 5.69 Å². The van der Waals surface area contributed by atoms with Gasteiger partial charge in [-0.3, -0.25) is 4.98 Å². The molecule has 0 amide bonds. The highest BCUT2D eigenvalue weighted by atomic mass is 15.1. The summed E-state index contributed by atoms with van der Waals surface area (Å²) in [6.07, 6.45) is 3.14. The number of benzene rings is 1. The van der Waals surface area contributed by atoms with Crippen LogP contribution in [0.1, 0.15) is 29.3 Å². The first-order valence-corrected chi connectivity index (χ1v) is 7.76. The molecule has 0 saturated heterocycles. The Kier molecular flexibility index (Phi) is 4.20. The zero-order valence-corrected chi connectivity index (χ0v) is 12.9. The highest BCUT2D eigenvalue weighted by Crippen LogP contribution is 2.27. The molecule has 1 aliphatic heterocycles. The first-order chi connectivity index (χ1) is 10.3. The van der Waals surface area contributed by atoms with Crippen LogP contribution in [0.2, 0.25) is 0 Å². The molecule has 0 fully saturated rings. The highest BCUT2D eigenvalue weighted by Gasteiger charge is 2.18. The van der Waals surface area contributed by atoms with Crippen molar-refractivity contribution in [3.05, 3.63) is 58.9 Å². The van der Waals surface area contributed by atoms with Crippen LogP contribution in [-0.4, -0.2) is 18.1 Å². The van der Waals surface area contributed by atoms with Crippen LogP contribution >= 0.6 is 0 Å². The molecule has 0 atom stereocenters. The summed E-state index contributed by atoms with van der Waals surface area (Å²) in [6, 6.07) is 11.0. The zero-order valence-electron chi connectivity index (χ0n) is 12.9. The second kappa shape index (κ2) is 6.27. The predicted octanol–water partition coefficient (Wildman–Crippen LogP) is 3.06. The van der Waals surface area contributed by atoms with Crippen molar-refractivity contribution in [3.63, 3.8) is 0 Å². The van der Waals surface area contributed by atoms with Gasteiger partial charge in [0.05, 0.1) is 0 Å². The van der Waals surface area contributed by atoms with Gasteiger partial charge in [-0.05, 0) is 37.1 Å². The van der Waals surface area contributed by atoms with E-state index in [1.54, 1.807) is 0 Å². The monoisotopic (exact) mass is 281 g/mol. The van der Waals surface area contributed by atoms with Crippen molar-refractivity contribution < 1.29 is 0 Å². The van der Waals surface area contributed by atoms with Gasteiger partial charge in [0.2, 0.25) is 0 Å². The third-order valence-electron chi connectivity index (χ3n) is 4.14. The van der Waals surface area contributed by atoms with Gasteiger partial charge in [-0.2, -0.15) is 0 Å². The Morgan fingerprint density at radius 2 is 2.05 bits per heavy atom. The largest absolute Gasteiger partial charge is 0.367 e. The van der Waals surface area contributed by atoms with Crippen LogP contribution < -0.4 is 10.2 Å². The van der Waals surface area contributed by atoms with E-state index in [-0.39, 0.29) is 0 Å². The third-order valence-corrected chi connectivity index (χ3v) is 4.14. The van der Waals surface area contributed by atoms with E-state index in [1.165, 1.54) is 22.4 Å². The summed E-state index contributed by atoms with van der Waals surface area (Å²) in [6.45, 7) is 8.16. The summed E-state index contributed by atoms with van der Waals surface area (Å²) in [5, 5.41) is 3.42. The molecule has 3 heteroatoms. The Morgan fingerprint density at radius 3 is 2.86 bits per heavy atom. The van der Waals surface area contributed by atoms with E-state index in [0.29, 0.717) is 0 Å². The van der Waals surface area contributed by atoms with E-state index in [4.69, 9.17) is 0 Å². The average molecular weight is 281 g/mol. The number of aromatic nitrogens is 1. The lowest BCUT2D eigenvalue weighted by molar-refractivity contribution is 0.697. The molecule has 0 bridgehead atoms. The van der Waals surface area contributed by atoms with Crippen LogP contribution in [0.25, 0.3) is 0 Å². The first-order valence-electron chi connectivity index (χ1n) is 7.76. The number of rotatable bonds is 4. The summed E-state index contributed by atoms with van der Waals surface area (Å²) in [7, 11) is 0. The molecule has 0 aliphatic carbocycles. The summed E-state index contributed by atoms with van der Waals surface area (Å²) in [4.78, 5) is 6.95. The lowest BCUT2D eigenvalue weighted by Crippen LogP contribution is -2.31. The normalized spacial score (nSPS) is 14.1. The molecular formula is C18H23N3. The second-order valence-electron chi connectivity index (χ2n) is 5.67. The molecule has 1 aromatic heterocycles. The summed E-state index contributed by atoms with van der Waals surface area (Å²) in [5.41, 5.74) is 6.66.